The molecule has 3 heterocycles. The third kappa shape index (κ3) is 3.60. The Morgan fingerprint density at radius 2 is 1.81 bits per heavy atom. The number of fused-ring (bicyclic) bond motifs is 1. The van der Waals surface area contributed by atoms with Crippen molar-refractivity contribution in [2.75, 3.05) is 39.4 Å². The number of pyridine rings is 1. The summed E-state index contributed by atoms with van der Waals surface area (Å²) in [6.45, 7) is 7.73. The monoisotopic (exact) mass is 353 g/mol. The minimum absolute atomic E-state index is 0.0632. The fourth-order valence-electron chi connectivity index (χ4n) is 4.23. The van der Waals surface area contributed by atoms with Crippen molar-refractivity contribution in [1.29, 1.82) is 0 Å². The largest absolute Gasteiger partial charge is 0.379 e. The van der Waals surface area contributed by atoms with Gasteiger partial charge >= 0.3 is 0 Å². The van der Waals surface area contributed by atoms with E-state index < -0.39 is 0 Å². The SMILES string of the molecule is C[C@@H](C1CCN(C(=O)c2cc3ccccc3cn2)CC1)N1CCOCC1. The molecule has 2 aromatic rings. The summed E-state index contributed by atoms with van der Waals surface area (Å²) in [4.78, 5) is 21.8. The number of piperidine rings is 1. The van der Waals surface area contributed by atoms with Crippen molar-refractivity contribution in [2.24, 2.45) is 5.92 Å². The van der Waals surface area contributed by atoms with Crippen LogP contribution >= 0.6 is 0 Å². The standard InChI is InChI=1S/C21H27N3O2/c1-16(23-10-12-26-13-11-23)17-6-8-24(9-7-17)21(25)20-14-18-4-2-3-5-19(18)15-22-20/h2-5,14-17H,6-13H2,1H3/t16-/m0/s1. The first-order valence-corrected chi connectivity index (χ1v) is 9.68. The molecule has 0 bridgehead atoms. The van der Waals surface area contributed by atoms with Crippen LogP contribution in [0, 0.1) is 5.92 Å². The second-order valence-corrected chi connectivity index (χ2v) is 7.44. The van der Waals surface area contributed by atoms with Gasteiger partial charge in [-0.2, -0.15) is 0 Å². The van der Waals surface area contributed by atoms with E-state index in [-0.39, 0.29) is 5.91 Å². The fraction of sp³-hybridized carbons (Fsp3) is 0.524. The third-order valence-electron chi connectivity index (χ3n) is 5.98. The predicted octanol–water partition coefficient (Wildman–Crippen LogP) is 2.81. The highest BCUT2D eigenvalue weighted by Gasteiger charge is 2.30. The minimum atomic E-state index is 0.0632. The molecule has 26 heavy (non-hydrogen) atoms. The number of benzene rings is 1. The first-order valence-electron chi connectivity index (χ1n) is 9.68. The van der Waals surface area contributed by atoms with Crippen LogP contribution in [-0.2, 0) is 4.74 Å². The molecule has 0 unspecified atom stereocenters. The van der Waals surface area contributed by atoms with E-state index in [1.54, 1.807) is 6.20 Å². The van der Waals surface area contributed by atoms with Gasteiger partial charge in [-0.05, 0) is 37.1 Å². The molecule has 0 aliphatic carbocycles. The minimum Gasteiger partial charge on any atom is -0.379 e. The molecule has 2 aliphatic rings. The molecule has 5 heteroatoms. The third-order valence-corrected chi connectivity index (χ3v) is 5.98. The summed E-state index contributed by atoms with van der Waals surface area (Å²) in [7, 11) is 0. The number of rotatable bonds is 3. The number of hydrogen-bond acceptors (Lipinski definition) is 4. The lowest BCUT2D eigenvalue weighted by Gasteiger charge is -2.41. The number of morpholine rings is 1. The first-order chi connectivity index (χ1) is 12.7. The molecule has 4 rings (SSSR count). The number of amides is 1. The Labute approximate surface area is 154 Å². The van der Waals surface area contributed by atoms with Gasteiger partial charge in [0.15, 0.2) is 0 Å². The van der Waals surface area contributed by atoms with Crippen LogP contribution in [0.25, 0.3) is 10.8 Å². The molecule has 2 fully saturated rings. The van der Waals surface area contributed by atoms with Crippen molar-refractivity contribution >= 4 is 16.7 Å². The molecular formula is C21H27N3O2. The van der Waals surface area contributed by atoms with Crippen LogP contribution in [-0.4, -0.2) is 66.1 Å². The Hall–Kier alpha value is -1.98. The number of likely N-dealkylation sites (tertiary alicyclic amines) is 1. The van der Waals surface area contributed by atoms with E-state index in [2.05, 4.69) is 16.8 Å². The number of nitrogens with zero attached hydrogens (tertiary/aromatic N) is 3. The van der Waals surface area contributed by atoms with Crippen molar-refractivity contribution in [1.82, 2.24) is 14.8 Å². The van der Waals surface area contributed by atoms with E-state index in [0.29, 0.717) is 17.7 Å². The van der Waals surface area contributed by atoms with Crippen LogP contribution in [0.4, 0.5) is 0 Å². The molecule has 1 aromatic heterocycles. The molecule has 0 radical (unpaired) electrons. The lowest BCUT2D eigenvalue weighted by Crippen LogP contribution is -2.49. The van der Waals surface area contributed by atoms with Gasteiger partial charge in [-0.25, -0.2) is 0 Å². The van der Waals surface area contributed by atoms with Crippen molar-refractivity contribution in [3.63, 3.8) is 0 Å². The molecule has 0 saturated carbocycles. The normalized spacial score (nSPS) is 21.0. The molecule has 2 saturated heterocycles. The average Bonchev–Trinajstić information content (AvgIpc) is 2.73. The molecule has 1 aromatic carbocycles. The Morgan fingerprint density at radius 1 is 1.12 bits per heavy atom. The van der Waals surface area contributed by atoms with Crippen LogP contribution in [0.1, 0.15) is 30.3 Å². The number of ether oxygens (including phenoxy) is 1. The van der Waals surface area contributed by atoms with Crippen molar-refractivity contribution in [2.45, 2.75) is 25.8 Å². The molecule has 1 atom stereocenters. The molecule has 0 N–H and O–H groups in total. The van der Waals surface area contributed by atoms with Gasteiger partial charge in [0, 0.05) is 43.8 Å². The smallest absolute Gasteiger partial charge is 0.272 e. The molecule has 2 aliphatic heterocycles. The Kier molecular flexibility index (Phi) is 5.18. The molecule has 1 amide bonds. The highest BCUT2D eigenvalue weighted by molar-refractivity contribution is 5.96. The maximum absolute atomic E-state index is 12.9. The predicted molar refractivity (Wildman–Crippen MR) is 102 cm³/mol. The maximum atomic E-state index is 12.9. The highest BCUT2D eigenvalue weighted by atomic mass is 16.5. The van der Waals surface area contributed by atoms with Gasteiger partial charge in [0.05, 0.1) is 13.2 Å². The van der Waals surface area contributed by atoms with Gasteiger partial charge in [-0.15, -0.1) is 0 Å². The second kappa shape index (κ2) is 7.72. The number of aromatic nitrogens is 1. The Bertz CT molecular complexity index is 765. The van der Waals surface area contributed by atoms with Crippen LogP contribution in [0.3, 0.4) is 0 Å². The quantitative estimate of drug-likeness (QED) is 0.851. The molecule has 138 valence electrons. The van der Waals surface area contributed by atoms with E-state index in [1.165, 1.54) is 0 Å². The zero-order chi connectivity index (χ0) is 17.9. The van der Waals surface area contributed by atoms with E-state index in [4.69, 9.17) is 4.74 Å². The lowest BCUT2D eigenvalue weighted by molar-refractivity contribution is -0.000985. The Morgan fingerprint density at radius 3 is 2.54 bits per heavy atom. The van der Waals surface area contributed by atoms with Gasteiger partial charge in [0.1, 0.15) is 5.69 Å². The van der Waals surface area contributed by atoms with E-state index in [0.717, 1.165) is 63.0 Å². The summed E-state index contributed by atoms with van der Waals surface area (Å²) in [5, 5.41) is 2.14. The van der Waals surface area contributed by atoms with Gasteiger partial charge < -0.3 is 9.64 Å². The summed E-state index contributed by atoms with van der Waals surface area (Å²) in [6, 6.07) is 10.5. The van der Waals surface area contributed by atoms with Gasteiger partial charge in [-0.1, -0.05) is 24.3 Å². The van der Waals surface area contributed by atoms with Crippen molar-refractivity contribution in [3.05, 3.63) is 42.2 Å². The zero-order valence-corrected chi connectivity index (χ0v) is 15.4. The van der Waals surface area contributed by atoms with Gasteiger partial charge in [0.2, 0.25) is 0 Å². The summed E-state index contributed by atoms with van der Waals surface area (Å²) in [5.74, 6) is 0.718. The van der Waals surface area contributed by atoms with Crippen molar-refractivity contribution in [3.8, 4) is 0 Å². The molecule has 5 nitrogen and oxygen atoms in total. The van der Waals surface area contributed by atoms with E-state index in [1.807, 2.05) is 35.2 Å². The summed E-state index contributed by atoms with van der Waals surface area (Å²) < 4.78 is 5.46. The molecule has 0 spiro atoms. The maximum Gasteiger partial charge on any atom is 0.272 e. The zero-order valence-electron chi connectivity index (χ0n) is 15.4. The van der Waals surface area contributed by atoms with Gasteiger partial charge in [0.25, 0.3) is 5.91 Å². The van der Waals surface area contributed by atoms with Crippen molar-refractivity contribution < 1.29 is 9.53 Å². The molecular weight excluding hydrogens is 326 g/mol. The van der Waals surface area contributed by atoms with Crippen LogP contribution in [0.15, 0.2) is 36.5 Å². The van der Waals surface area contributed by atoms with E-state index in [9.17, 15) is 4.79 Å². The summed E-state index contributed by atoms with van der Waals surface area (Å²) in [5.41, 5.74) is 0.559. The summed E-state index contributed by atoms with van der Waals surface area (Å²) in [6.07, 6.45) is 3.94. The van der Waals surface area contributed by atoms with Gasteiger partial charge in [-0.3, -0.25) is 14.7 Å². The fourth-order valence-corrected chi connectivity index (χ4v) is 4.23. The topological polar surface area (TPSA) is 45.7 Å². The van der Waals surface area contributed by atoms with E-state index >= 15 is 0 Å². The highest BCUT2D eigenvalue weighted by Crippen LogP contribution is 2.25. The first kappa shape index (κ1) is 17.4. The lowest BCUT2D eigenvalue weighted by atomic mass is 9.89. The van der Waals surface area contributed by atoms with Crippen LogP contribution in [0.2, 0.25) is 0 Å². The van der Waals surface area contributed by atoms with Crippen LogP contribution < -0.4 is 0 Å². The summed E-state index contributed by atoms with van der Waals surface area (Å²) >= 11 is 0. The number of carbonyl (C=O) groups is 1. The number of hydrogen-bond donors (Lipinski definition) is 0. The Balaban J connectivity index is 1.38. The average molecular weight is 353 g/mol. The number of carbonyl (C=O) groups excluding carboxylic acids is 1. The second-order valence-electron chi connectivity index (χ2n) is 7.44. The van der Waals surface area contributed by atoms with Crippen LogP contribution in [0.5, 0.6) is 0 Å².